The van der Waals surface area contributed by atoms with E-state index in [4.69, 9.17) is 9.84 Å². The lowest BCUT2D eigenvalue weighted by Gasteiger charge is -2.29. The summed E-state index contributed by atoms with van der Waals surface area (Å²) in [5.41, 5.74) is 2.50. The SMILES string of the molecule is CC(C)c1nn(C)c(N2CCOCC2)c1CNCC(O)c1ccccc1F. The van der Waals surface area contributed by atoms with Crippen molar-refractivity contribution in [2.45, 2.75) is 32.4 Å². The van der Waals surface area contributed by atoms with Crippen molar-refractivity contribution in [2.75, 3.05) is 37.7 Å². The lowest BCUT2D eigenvalue weighted by Crippen LogP contribution is -2.38. The number of morpholine rings is 1. The molecule has 6 nitrogen and oxygen atoms in total. The predicted molar refractivity (Wildman–Crippen MR) is 103 cm³/mol. The Labute approximate surface area is 159 Å². The van der Waals surface area contributed by atoms with Gasteiger partial charge in [0.05, 0.1) is 25.0 Å². The number of nitrogens with zero attached hydrogens (tertiary/aromatic N) is 3. The third-order valence-corrected chi connectivity index (χ3v) is 4.90. The van der Waals surface area contributed by atoms with Crippen LogP contribution in [0.25, 0.3) is 0 Å². The van der Waals surface area contributed by atoms with Crippen LogP contribution in [0.15, 0.2) is 24.3 Å². The summed E-state index contributed by atoms with van der Waals surface area (Å²) >= 11 is 0. The smallest absolute Gasteiger partial charge is 0.131 e. The van der Waals surface area contributed by atoms with Gasteiger partial charge in [-0.25, -0.2) is 4.39 Å². The van der Waals surface area contributed by atoms with Crippen molar-refractivity contribution in [3.63, 3.8) is 0 Å². The Morgan fingerprint density at radius 3 is 2.63 bits per heavy atom. The molecular weight excluding hydrogens is 347 g/mol. The molecule has 0 aliphatic carbocycles. The maximum atomic E-state index is 13.9. The molecule has 1 saturated heterocycles. The molecular formula is C20H29FN4O2. The molecule has 148 valence electrons. The topological polar surface area (TPSA) is 62.5 Å². The summed E-state index contributed by atoms with van der Waals surface area (Å²) in [6, 6.07) is 6.34. The summed E-state index contributed by atoms with van der Waals surface area (Å²) in [4.78, 5) is 2.30. The lowest BCUT2D eigenvalue weighted by molar-refractivity contribution is 0.122. The van der Waals surface area contributed by atoms with E-state index in [0.29, 0.717) is 31.2 Å². The number of rotatable bonds is 7. The Kier molecular flexibility index (Phi) is 6.46. The van der Waals surface area contributed by atoms with Crippen LogP contribution in [0.3, 0.4) is 0 Å². The zero-order valence-corrected chi connectivity index (χ0v) is 16.3. The van der Waals surface area contributed by atoms with Gasteiger partial charge in [0.15, 0.2) is 0 Å². The quantitative estimate of drug-likeness (QED) is 0.777. The highest BCUT2D eigenvalue weighted by Crippen LogP contribution is 2.29. The largest absolute Gasteiger partial charge is 0.387 e. The van der Waals surface area contributed by atoms with Crippen molar-refractivity contribution in [3.05, 3.63) is 46.9 Å². The van der Waals surface area contributed by atoms with Gasteiger partial charge < -0.3 is 20.1 Å². The van der Waals surface area contributed by atoms with E-state index in [1.807, 2.05) is 11.7 Å². The van der Waals surface area contributed by atoms with Gasteiger partial charge in [-0.05, 0) is 12.0 Å². The van der Waals surface area contributed by atoms with Crippen molar-refractivity contribution in [1.29, 1.82) is 0 Å². The average Bonchev–Trinajstić information content (AvgIpc) is 2.99. The Morgan fingerprint density at radius 1 is 1.26 bits per heavy atom. The summed E-state index contributed by atoms with van der Waals surface area (Å²) in [7, 11) is 1.97. The van der Waals surface area contributed by atoms with E-state index in [2.05, 4.69) is 24.1 Å². The van der Waals surface area contributed by atoms with Crippen LogP contribution >= 0.6 is 0 Å². The molecule has 2 aromatic rings. The van der Waals surface area contributed by atoms with Crippen molar-refractivity contribution in [3.8, 4) is 0 Å². The monoisotopic (exact) mass is 376 g/mol. The number of benzene rings is 1. The van der Waals surface area contributed by atoms with E-state index in [1.54, 1.807) is 18.2 Å². The Balaban J connectivity index is 1.74. The molecule has 27 heavy (non-hydrogen) atoms. The molecule has 0 spiro atoms. The number of aryl methyl sites for hydroxylation is 1. The van der Waals surface area contributed by atoms with Crippen LogP contribution in [0, 0.1) is 5.82 Å². The zero-order chi connectivity index (χ0) is 19.4. The molecule has 0 saturated carbocycles. The maximum Gasteiger partial charge on any atom is 0.131 e. The van der Waals surface area contributed by atoms with Crippen molar-refractivity contribution < 1.29 is 14.2 Å². The van der Waals surface area contributed by atoms with Gasteiger partial charge in [0.25, 0.3) is 0 Å². The minimum absolute atomic E-state index is 0.274. The normalized spacial score (nSPS) is 16.1. The van der Waals surface area contributed by atoms with E-state index in [9.17, 15) is 9.50 Å². The highest BCUT2D eigenvalue weighted by Gasteiger charge is 2.24. The minimum Gasteiger partial charge on any atom is -0.387 e. The number of aliphatic hydroxyl groups excluding tert-OH is 1. The molecule has 3 rings (SSSR count). The lowest BCUT2D eigenvalue weighted by atomic mass is 10.0. The number of ether oxygens (including phenoxy) is 1. The molecule has 1 aliphatic heterocycles. The van der Waals surface area contributed by atoms with Crippen LogP contribution in [0.2, 0.25) is 0 Å². The molecule has 0 radical (unpaired) electrons. The van der Waals surface area contributed by atoms with Crippen LogP contribution < -0.4 is 10.2 Å². The predicted octanol–water partition coefficient (Wildman–Crippen LogP) is 2.34. The van der Waals surface area contributed by atoms with Crippen molar-refractivity contribution >= 4 is 5.82 Å². The second kappa shape index (κ2) is 8.82. The number of aromatic nitrogens is 2. The molecule has 1 fully saturated rings. The second-order valence-electron chi connectivity index (χ2n) is 7.23. The fraction of sp³-hybridized carbons (Fsp3) is 0.550. The number of anilines is 1. The van der Waals surface area contributed by atoms with Gasteiger partial charge in [0.1, 0.15) is 11.6 Å². The Morgan fingerprint density at radius 2 is 1.96 bits per heavy atom. The fourth-order valence-electron chi connectivity index (χ4n) is 3.57. The number of aliphatic hydroxyl groups is 1. The molecule has 1 atom stereocenters. The van der Waals surface area contributed by atoms with Gasteiger partial charge >= 0.3 is 0 Å². The molecule has 7 heteroatoms. The van der Waals surface area contributed by atoms with E-state index in [1.165, 1.54) is 6.07 Å². The average molecular weight is 376 g/mol. The van der Waals surface area contributed by atoms with Crippen LogP contribution in [-0.4, -0.2) is 47.7 Å². The Hall–Kier alpha value is -1.96. The number of hydrogen-bond donors (Lipinski definition) is 2. The summed E-state index contributed by atoms with van der Waals surface area (Å²) < 4.78 is 21.3. The zero-order valence-electron chi connectivity index (χ0n) is 16.3. The van der Waals surface area contributed by atoms with E-state index in [0.717, 1.165) is 30.2 Å². The molecule has 0 amide bonds. The van der Waals surface area contributed by atoms with Crippen LogP contribution in [0.5, 0.6) is 0 Å². The number of hydrogen-bond acceptors (Lipinski definition) is 5. The summed E-state index contributed by atoms with van der Waals surface area (Å²) in [5.74, 6) is 0.999. The van der Waals surface area contributed by atoms with Crippen LogP contribution in [-0.2, 0) is 18.3 Å². The molecule has 1 aliphatic rings. The van der Waals surface area contributed by atoms with Gasteiger partial charge in [-0.2, -0.15) is 5.10 Å². The fourth-order valence-corrected chi connectivity index (χ4v) is 3.57. The van der Waals surface area contributed by atoms with Crippen molar-refractivity contribution in [1.82, 2.24) is 15.1 Å². The first-order valence-corrected chi connectivity index (χ1v) is 9.50. The standard InChI is InChI=1S/C20H29FN4O2/c1-14(2)19-16(20(24(3)23-19)25-8-10-27-11-9-25)12-22-13-18(26)15-6-4-5-7-17(15)21/h4-7,14,18,22,26H,8-13H2,1-3H3. The molecule has 1 aromatic carbocycles. The first kappa shape index (κ1) is 19.8. The first-order chi connectivity index (χ1) is 13.0. The molecule has 1 aromatic heterocycles. The van der Waals surface area contributed by atoms with Crippen LogP contribution in [0.4, 0.5) is 10.2 Å². The van der Waals surface area contributed by atoms with Gasteiger partial charge in [-0.15, -0.1) is 0 Å². The van der Waals surface area contributed by atoms with E-state index < -0.39 is 6.10 Å². The molecule has 2 N–H and O–H groups in total. The first-order valence-electron chi connectivity index (χ1n) is 9.50. The summed E-state index contributed by atoms with van der Waals surface area (Å²) in [6.07, 6.45) is -0.891. The van der Waals surface area contributed by atoms with Gasteiger partial charge in [-0.3, -0.25) is 4.68 Å². The molecule has 2 heterocycles. The Bertz CT molecular complexity index is 756. The van der Waals surface area contributed by atoms with E-state index in [-0.39, 0.29) is 12.4 Å². The molecule has 0 bridgehead atoms. The summed E-state index contributed by atoms with van der Waals surface area (Å²) in [6.45, 7) is 8.19. The number of halogens is 1. The highest BCUT2D eigenvalue weighted by molar-refractivity contribution is 5.51. The summed E-state index contributed by atoms with van der Waals surface area (Å²) in [5, 5.41) is 18.3. The van der Waals surface area contributed by atoms with Crippen LogP contribution in [0.1, 0.15) is 42.7 Å². The van der Waals surface area contributed by atoms with Gasteiger partial charge in [0.2, 0.25) is 0 Å². The maximum absolute atomic E-state index is 13.9. The van der Waals surface area contributed by atoms with Crippen molar-refractivity contribution in [2.24, 2.45) is 7.05 Å². The van der Waals surface area contributed by atoms with Gasteiger partial charge in [-0.1, -0.05) is 32.0 Å². The number of nitrogens with one attached hydrogen (secondary N) is 1. The van der Waals surface area contributed by atoms with E-state index >= 15 is 0 Å². The highest BCUT2D eigenvalue weighted by atomic mass is 19.1. The van der Waals surface area contributed by atoms with Gasteiger partial charge in [0, 0.05) is 44.4 Å². The molecule has 1 unspecified atom stereocenters. The third-order valence-electron chi connectivity index (χ3n) is 4.90. The second-order valence-corrected chi connectivity index (χ2v) is 7.23. The third kappa shape index (κ3) is 4.48. The minimum atomic E-state index is -0.891.